The molecule has 1 heterocycles. The van der Waals surface area contributed by atoms with Crippen molar-refractivity contribution in [1.29, 1.82) is 0 Å². The fourth-order valence-corrected chi connectivity index (χ4v) is 2.62. The predicted octanol–water partition coefficient (Wildman–Crippen LogP) is 3.96. The van der Waals surface area contributed by atoms with Gasteiger partial charge in [0.2, 0.25) is 0 Å². The van der Waals surface area contributed by atoms with Gasteiger partial charge in [0.1, 0.15) is 11.9 Å². The lowest BCUT2D eigenvalue weighted by atomic mass is 10.2. The molecule has 0 saturated carbocycles. The maximum absolute atomic E-state index is 11.9. The maximum Gasteiger partial charge on any atom is 0.514 e. The SMILES string of the molecule is CN(C)CCC(OC(=O)Oc1ccccc1)c1cccs1. The Morgan fingerprint density at radius 3 is 2.57 bits per heavy atom. The fraction of sp³-hybridized carbons (Fsp3) is 0.312. The predicted molar refractivity (Wildman–Crippen MR) is 83.8 cm³/mol. The molecule has 21 heavy (non-hydrogen) atoms. The highest BCUT2D eigenvalue weighted by Crippen LogP contribution is 2.26. The summed E-state index contributed by atoms with van der Waals surface area (Å²) >= 11 is 1.58. The smallest absolute Gasteiger partial charge is 0.425 e. The Kier molecular flexibility index (Phi) is 5.78. The van der Waals surface area contributed by atoms with Gasteiger partial charge < -0.3 is 14.4 Å². The van der Waals surface area contributed by atoms with Gasteiger partial charge in [0.05, 0.1) is 0 Å². The van der Waals surface area contributed by atoms with Crippen LogP contribution in [0.25, 0.3) is 0 Å². The number of hydrogen-bond acceptors (Lipinski definition) is 5. The molecule has 0 bridgehead atoms. The highest BCUT2D eigenvalue weighted by atomic mass is 32.1. The van der Waals surface area contributed by atoms with Gasteiger partial charge in [-0.05, 0) is 37.7 Å². The molecule has 1 unspecified atom stereocenters. The van der Waals surface area contributed by atoms with Crippen molar-refractivity contribution in [3.63, 3.8) is 0 Å². The lowest BCUT2D eigenvalue weighted by Crippen LogP contribution is -2.20. The summed E-state index contributed by atoms with van der Waals surface area (Å²) in [5.74, 6) is 0.486. The quantitative estimate of drug-likeness (QED) is 0.598. The molecule has 0 saturated heterocycles. The summed E-state index contributed by atoms with van der Waals surface area (Å²) in [5, 5.41) is 1.98. The van der Waals surface area contributed by atoms with Gasteiger partial charge in [-0.1, -0.05) is 24.3 Å². The second-order valence-corrected chi connectivity index (χ2v) is 5.86. The molecule has 1 aromatic heterocycles. The Balaban J connectivity index is 1.96. The lowest BCUT2D eigenvalue weighted by molar-refractivity contribution is 0.0524. The molecule has 0 aliphatic rings. The molecular weight excluding hydrogens is 286 g/mol. The number of para-hydroxylation sites is 1. The van der Waals surface area contributed by atoms with E-state index in [1.807, 2.05) is 49.8 Å². The normalized spacial score (nSPS) is 12.1. The average Bonchev–Trinajstić information content (AvgIpc) is 2.98. The van der Waals surface area contributed by atoms with Crippen LogP contribution in [0, 0.1) is 0 Å². The van der Waals surface area contributed by atoms with Crippen molar-refractivity contribution in [2.24, 2.45) is 0 Å². The Labute approximate surface area is 128 Å². The van der Waals surface area contributed by atoms with Crippen LogP contribution in [0.2, 0.25) is 0 Å². The van der Waals surface area contributed by atoms with E-state index in [-0.39, 0.29) is 6.10 Å². The molecule has 0 fully saturated rings. The Morgan fingerprint density at radius 2 is 1.95 bits per heavy atom. The molecule has 0 aliphatic heterocycles. The minimum Gasteiger partial charge on any atom is -0.425 e. The van der Waals surface area contributed by atoms with E-state index in [9.17, 15) is 4.79 Å². The Bertz CT molecular complexity index is 540. The van der Waals surface area contributed by atoms with E-state index in [0.29, 0.717) is 5.75 Å². The van der Waals surface area contributed by atoms with E-state index in [0.717, 1.165) is 17.8 Å². The topological polar surface area (TPSA) is 38.8 Å². The number of rotatable bonds is 6. The summed E-state index contributed by atoms with van der Waals surface area (Å²) < 4.78 is 10.7. The summed E-state index contributed by atoms with van der Waals surface area (Å²) in [6, 6.07) is 12.9. The zero-order valence-corrected chi connectivity index (χ0v) is 13.0. The molecule has 4 nitrogen and oxygen atoms in total. The number of ether oxygens (including phenoxy) is 2. The average molecular weight is 305 g/mol. The molecule has 0 amide bonds. The summed E-state index contributed by atoms with van der Waals surface area (Å²) in [7, 11) is 3.99. The van der Waals surface area contributed by atoms with E-state index < -0.39 is 6.16 Å². The summed E-state index contributed by atoms with van der Waals surface area (Å²) in [4.78, 5) is 15.0. The van der Waals surface area contributed by atoms with Crippen LogP contribution in [0.5, 0.6) is 5.75 Å². The highest BCUT2D eigenvalue weighted by Gasteiger charge is 2.19. The van der Waals surface area contributed by atoms with Crippen LogP contribution in [0.3, 0.4) is 0 Å². The van der Waals surface area contributed by atoms with Crippen molar-refractivity contribution in [3.8, 4) is 5.75 Å². The number of thiophene rings is 1. The summed E-state index contributed by atoms with van der Waals surface area (Å²) in [6.07, 6.45) is -0.209. The zero-order chi connectivity index (χ0) is 15.1. The first-order valence-electron chi connectivity index (χ1n) is 6.77. The van der Waals surface area contributed by atoms with Crippen LogP contribution >= 0.6 is 11.3 Å². The summed E-state index contributed by atoms with van der Waals surface area (Å²) in [6.45, 7) is 0.835. The van der Waals surface area contributed by atoms with Crippen LogP contribution in [-0.2, 0) is 4.74 Å². The van der Waals surface area contributed by atoms with Gasteiger partial charge in [-0.15, -0.1) is 11.3 Å². The minimum atomic E-state index is -0.668. The number of nitrogens with zero attached hydrogens (tertiary/aromatic N) is 1. The number of benzene rings is 1. The minimum absolute atomic E-state index is 0.274. The lowest BCUT2D eigenvalue weighted by Gasteiger charge is -2.18. The van der Waals surface area contributed by atoms with Gasteiger partial charge in [0.15, 0.2) is 0 Å². The van der Waals surface area contributed by atoms with Crippen LogP contribution in [0.1, 0.15) is 17.4 Å². The van der Waals surface area contributed by atoms with E-state index in [1.165, 1.54) is 0 Å². The Hall–Kier alpha value is -1.85. The number of carbonyl (C=O) groups excluding carboxylic acids is 1. The molecule has 0 N–H and O–H groups in total. The molecular formula is C16H19NO3S. The van der Waals surface area contributed by atoms with Gasteiger partial charge in [-0.25, -0.2) is 4.79 Å². The molecule has 0 aliphatic carbocycles. The van der Waals surface area contributed by atoms with Crippen molar-refractivity contribution < 1.29 is 14.3 Å². The first-order valence-corrected chi connectivity index (χ1v) is 7.65. The first kappa shape index (κ1) is 15.5. The van der Waals surface area contributed by atoms with Crippen LogP contribution in [0.15, 0.2) is 47.8 Å². The van der Waals surface area contributed by atoms with Crippen molar-refractivity contribution >= 4 is 17.5 Å². The standard InChI is InChI=1S/C16H19NO3S/c1-17(2)11-10-14(15-9-6-12-21-15)20-16(18)19-13-7-4-3-5-8-13/h3-9,12,14H,10-11H2,1-2H3. The number of hydrogen-bond donors (Lipinski definition) is 0. The third-order valence-electron chi connectivity index (χ3n) is 2.88. The molecule has 5 heteroatoms. The van der Waals surface area contributed by atoms with Gasteiger partial charge in [0.25, 0.3) is 0 Å². The summed E-state index contributed by atoms with van der Waals surface area (Å²) in [5.41, 5.74) is 0. The van der Waals surface area contributed by atoms with Crippen LogP contribution < -0.4 is 4.74 Å². The number of carbonyl (C=O) groups is 1. The molecule has 112 valence electrons. The third-order valence-corrected chi connectivity index (χ3v) is 3.85. The second kappa shape index (κ2) is 7.81. The molecule has 2 rings (SSSR count). The van der Waals surface area contributed by atoms with Crippen LogP contribution in [0.4, 0.5) is 4.79 Å². The third kappa shape index (κ3) is 5.21. The van der Waals surface area contributed by atoms with Gasteiger partial charge in [-0.2, -0.15) is 0 Å². The fourth-order valence-electron chi connectivity index (χ4n) is 1.83. The van der Waals surface area contributed by atoms with Gasteiger partial charge in [0, 0.05) is 17.8 Å². The molecule has 1 aromatic carbocycles. The molecule has 1 atom stereocenters. The van der Waals surface area contributed by atoms with Crippen molar-refractivity contribution in [2.45, 2.75) is 12.5 Å². The van der Waals surface area contributed by atoms with Crippen LogP contribution in [-0.4, -0.2) is 31.7 Å². The largest absolute Gasteiger partial charge is 0.514 e. The Morgan fingerprint density at radius 1 is 1.19 bits per heavy atom. The first-order chi connectivity index (χ1) is 10.1. The zero-order valence-electron chi connectivity index (χ0n) is 12.2. The maximum atomic E-state index is 11.9. The molecule has 0 spiro atoms. The van der Waals surface area contributed by atoms with E-state index in [1.54, 1.807) is 23.5 Å². The highest BCUT2D eigenvalue weighted by molar-refractivity contribution is 7.10. The van der Waals surface area contributed by atoms with Crippen molar-refractivity contribution in [1.82, 2.24) is 4.90 Å². The van der Waals surface area contributed by atoms with Crippen molar-refractivity contribution in [3.05, 3.63) is 52.7 Å². The molecule has 0 radical (unpaired) electrons. The van der Waals surface area contributed by atoms with Gasteiger partial charge in [-0.3, -0.25) is 0 Å². The van der Waals surface area contributed by atoms with Crippen molar-refractivity contribution in [2.75, 3.05) is 20.6 Å². The van der Waals surface area contributed by atoms with Gasteiger partial charge >= 0.3 is 6.16 Å². The van der Waals surface area contributed by atoms with E-state index in [4.69, 9.17) is 9.47 Å². The second-order valence-electron chi connectivity index (χ2n) is 4.88. The van der Waals surface area contributed by atoms with E-state index >= 15 is 0 Å². The van der Waals surface area contributed by atoms with E-state index in [2.05, 4.69) is 4.90 Å². The molecule has 2 aromatic rings. The monoisotopic (exact) mass is 305 g/mol.